The first-order valence-electron chi connectivity index (χ1n) is 9.20. The van der Waals surface area contributed by atoms with E-state index in [9.17, 15) is 14.7 Å². The SMILES string of the molecule is CN(C)[C@@H]1C[C@@H]2CN(C(=O)c3c[nH]c(=O)c4ccccc34)C[C@@H]2C[C@H]1O. The number of carbonyl (C=O) groups is 1. The van der Waals surface area contributed by atoms with E-state index in [0.29, 0.717) is 41.3 Å². The minimum absolute atomic E-state index is 0.0391. The van der Waals surface area contributed by atoms with E-state index in [0.717, 1.165) is 12.8 Å². The van der Waals surface area contributed by atoms with Crippen molar-refractivity contribution in [1.29, 1.82) is 0 Å². The van der Waals surface area contributed by atoms with Crippen LogP contribution in [-0.4, -0.2) is 65.1 Å². The molecule has 1 aromatic carbocycles. The topological polar surface area (TPSA) is 76.6 Å². The van der Waals surface area contributed by atoms with Crippen LogP contribution in [-0.2, 0) is 0 Å². The van der Waals surface area contributed by atoms with E-state index in [1.807, 2.05) is 31.1 Å². The predicted molar refractivity (Wildman–Crippen MR) is 100 cm³/mol. The maximum atomic E-state index is 13.1. The first-order chi connectivity index (χ1) is 12.5. The normalized spacial score (nSPS) is 28.5. The van der Waals surface area contributed by atoms with Crippen LogP contribution in [0.2, 0.25) is 0 Å². The van der Waals surface area contributed by atoms with Crippen molar-refractivity contribution in [3.63, 3.8) is 0 Å². The van der Waals surface area contributed by atoms with Crippen molar-refractivity contribution in [3.8, 4) is 0 Å². The number of hydrogen-bond acceptors (Lipinski definition) is 4. The molecule has 6 heteroatoms. The van der Waals surface area contributed by atoms with Gasteiger partial charge in [-0.1, -0.05) is 18.2 Å². The van der Waals surface area contributed by atoms with Crippen molar-refractivity contribution < 1.29 is 9.90 Å². The van der Waals surface area contributed by atoms with Gasteiger partial charge in [0.1, 0.15) is 0 Å². The molecule has 1 aliphatic heterocycles. The molecule has 26 heavy (non-hydrogen) atoms. The summed E-state index contributed by atoms with van der Waals surface area (Å²) < 4.78 is 0. The summed E-state index contributed by atoms with van der Waals surface area (Å²) in [5.74, 6) is 0.727. The monoisotopic (exact) mass is 355 g/mol. The van der Waals surface area contributed by atoms with Crippen LogP contribution >= 0.6 is 0 Å². The molecule has 2 aromatic rings. The second-order valence-corrected chi connectivity index (χ2v) is 7.88. The Morgan fingerprint density at radius 1 is 1.15 bits per heavy atom. The molecule has 2 fully saturated rings. The molecule has 0 radical (unpaired) electrons. The zero-order valence-electron chi connectivity index (χ0n) is 15.2. The standard InChI is InChI=1S/C20H25N3O3/c1-22(2)17-7-12-10-23(11-13(12)8-18(17)24)20(26)16-9-21-19(25)15-6-4-3-5-14(15)16/h3-6,9,12-13,17-18,24H,7-8,10-11H2,1-2H3,(H,21,25)/t12-,13+,17-,18-/m1/s1. The number of likely N-dealkylation sites (tertiary alicyclic amines) is 1. The van der Waals surface area contributed by atoms with Crippen LogP contribution in [0.25, 0.3) is 10.8 Å². The van der Waals surface area contributed by atoms with Gasteiger partial charge in [-0.05, 0) is 44.8 Å². The van der Waals surface area contributed by atoms with Gasteiger partial charge in [0.05, 0.1) is 11.7 Å². The smallest absolute Gasteiger partial charge is 0.255 e. The lowest BCUT2D eigenvalue weighted by Crippen LogP contribution is -2.46. The molecule has 138 valence electrons. The highest BCUT2D eigenvalue weighted by atomic mass is 16.3. The van der Waals surface area contributed by atoms with Gasteiger partial charge in [-0.2, -0.15) is 0 Å². The third kappa shape index (κ3) is 2.83. The summed E-state index contributed by atoms with van der Waals surface area (Å²) in [7, 11) is 4.00. The molecule has 4 rings (SSSR count). The van der Waals surface area contributed by atoms with Crippen LogP contribution in [0, 0.1) is 11.8 Å². The molecule has 0 unspecified atom stereocenters. The molecule has 1 saturated heterocycles. The number of fused-ring (bicyclic) bond motifs is 2. The predicted octanol–water partition coefficient (Wildman–Crippen LogP) is 1.30. The van der Waals surface area contributed by atoms with Crippen LogP contribution in [0.1, 0.15) is 23.2 Å². The Morgan fingerprint density at radius 3 is 2.50 bits per heavy atom. The lowest BCUT2D eigenvalue weighted by molar-refractivity contribution is 0.00940. The molecule has 6 nitrogen and oxygen atoms in total. The average molecular weight is 355 g/mol. The van der Waals surface area contributed by atoms with E-state index in [2.05, 4.69) is 9.88 Å². The minimum Gasteiger partial charge on any atom is -0.391 e. The van der Waals surface area contributed by atoms with E-state index in [1.54, 1.807) is 12.1 Å². The van der Waals surface area contributed by atoms with Crippen molar-refractivity contribution in [2.75, 3.05) is 27.2 Å². The number of benzene rings is 1. The van der Waals surface area contributed by atoms with Crippen molar-refractivity contribution in [2.45, 2.75) is 25.0 Å². The second-order valence-electron chi connectivity index (χ2n) is 7.88. The Hall–Kier alpha value is -2.18. The Balaban J connectivity index is 1.60. The molecular formula is C20H25N3O3. The summed E-state index contributed by atoms with van der Waals surface area (Å²) in [5, 5.41) is 11.7. The molecule has 0 bridgehead atoms. The van der Waals surface area contributed by atoms with Gasteiger partial charge in [-0.25, -0.2) is 0 Å². The quantitative estimate of drug-likeness (QED) is 0.851. The number of pyridine rings is 1. The highest BCUT2D eigenvalue weighted by molar-refractivity contribution is 6.06. The highest BCUT2D eigenvalue weighted by Crippen LogP contribution is 2.38. The summed E-state index contributed by atoms with van der Waals surface area (Å²) in [5.41, 5.74) is 0.368. The van der Waals surface area contributed by atoms with E-state index in [1.165, 1.54) is 6.20 Å². The zero-order chi connectivity index (χ0) is 18.4. The number of carbonyl (C=O) groups excluding carboxylic acids is 1. The Morgan fingerprint density at radius 2 is 1.81 bits per heavy atom. The van der Waals surface area contributed by atoms with Gasteiger partial charge in [0, 0.05) is 36.1 Å². The summed E-state index contributed by atoms with van der Waals surface area (Å²) in [6, 6.07) is 7.37. The number of aromatic nitrogens is 1. The highest BCUT2D eigenvalue weighted by Gasteiger charge is 2.43. The van der Waals surface area contributed by atoms with Gasteiger partial charge in [0.25, 0.3) is 11.5 Å². The molecular weight excluding hydrogens is 330 g/mol. The number of aromatic amines is 1. The maximum Gasteiger partial charge on any atom is 0.255 e. The Labute approximate surface area is 152 Å². The van der Waals surface area contributed by atoms with Crippen LogP contribution in [0.15, 0.2) is 35.3 Å². The third-order valence-corrected chi connectivity index (χ3v) is 6.10. The summed E-state index contributed by atoms with van der Waals surface area (Å²) in [4.78, 5) is 31.8. The van der Waals surface area contributed by atoms with Gasteiger partial charge < -0.3 is 19.9 Å². The van der Waals surface area contributed by atoms with Gasteiger partial charge in [-0.15, -0.1) is 0 Å². The number of hydrogen-bond donors (Lipinski definition) is 2. The van der Waals surface area contributed by atoms with E-state index in [4.69, 9.17) is 0 Å². The number of rotatable bonds is 2. The molecule has 1 amide bonds. The number of H-pyrrole nitrogens is 1. The van der Waals surface area contributed by atoms with Crippen LogP contribution in [0.5, 0.6) is 0 Å². The average Bonchev–Trinajstić information content (AvgIpc) is 3.03. The number of likely N-dealkylation sites (N-methyl/N-ethyl adjacent to an activating group) is 1. The first kappa shape index (κ1) is 17.2. The Kier molecular flexibility index (Phi) is 4.32. The fraction of sp³-hybridized carbons (Fsp3) is 0.500. The van der Waals surface area contributed by atoms with Crippen LogP contribution in [0.4, 0.5) is 0 Å². The molecule has 2 aliphatic rings. The lowest BCUT2D eigenvalue weighted by atomic mass is 9.77. The molecule has 1 saturated carbocycles. The largest absolute Gasteiger partial charge is 0.391 e. The lowest BCUT2D eigenvalue weighted by Gasteiger charge is -2.38. The van der Waals surface area contributed by atoms with Gasteiger partial charge in [0.2, 0.25) is 0 Å². The van der Waals surface area contributed by atoms with Crippen molar-refractivity contribution in [2.24, 2.45) is 11.8 Å². The van der Waals surface area contributed by atoms with Crippen molar-refractivity contribution in [1.82, 2.24) is 14.8 Å². The number of aliphatic hydroxyl groups excluding tert-OH is 1. The molecule has 0 spiro atoms. The number of nitrogens with zero attached hydrogens (tertiary/aromatic N) is 2. The second kappa shape index (κ2) is 6.52. The molecule has 1 aromatic heterocycles. The van der Waals surface area contributed by atoms with E-state index >= 15 is 0 Å². The number of nitrogens with one attached hydrogen (secondary N) is 1. The van der Waals surface area contributed by atoms with Crippen molar-refractivity contribution >= 4 is 16.7 Å². The summed E-state index contributed by atoms with van der Waals surface area (Å²) >= 11 is 0. The fourth-order valence-electron chi connectivity index (χ4n) is 4.68. The van der Waals surface area contributed by atoms with E-state index < -0.39 is 0 Å². The van der Waals surface area contributed by atoms with Crippen LogP contribution < -0.4 is 5.56 Å². The molecule has 4 atom stereocenters. The number of amides is 1. The van der Waals surface area contributed by atoms with Gasteiger partial charge in [0.15, 0.2) is 0 Å². The summed E-state index contributed by atoms with van der Waals surface area (Å²) in [6.07, 6.45) is 2.85. The Bertz CT molecular complexity index is 891. The fourth-order valence-corrected chi connectivity index (χ4v) is 4.68. The molecule has 1 aliphatic carbocycles. The van der Waals surface area contributed by atoms with Gasteiger partial charge >= 0.3 is 0 Å². The van der Waals surface area contributed by atoms with Gasteiger partial charge in [-0.3, -0.25) is 9.59 Å². The third-order valence-electron chi connectivity index (χ3n) is 6.10. The minimum atomic E-state index is -0.338. The summed E-state index contributed by atoms with van der Waals surface area (Å²) in [6.45, 7) is 1.39. The van der Waals surface area contributed by atoms with Crippen LogP contribution in [0.3, 0.4) is 0 Å². The van der Waals surface area contributed by atoms with E-state index in [-0.39, 0.29) is 23.6 Å². The molecule has 2 N–H and O–H groups in total. The number of aliphatic hydroxyl groups is 1. The van der Waals surface area contributed by atoms with Crippen molar-refractivity contribution in [3.05, 3.63) is 46.4 Å². The first-order valence-corrected chi connectivity index (χ1v) is 9.20. The zero-order valence-corrected chi connectivity index (χ0v) is 15.2. The maximum absolute atomic E-state index is 13.1. The molecule has 2 heterocycles.